The Morgan fingerprint density at radius 3 is 2.74 bits per heavy atom. The summed E-state index contributed by atoms with van der Waals surface area (Å²) < 4.78 is 5.81. The van der Waals surface area contributed by atoms with E-state index in [0.717, 1.165) is 22.1 Å². The maximum atomic E-state index is 12.3. The molecule has 1 aliphatic rings. The number of rotatable bonds is 4. The van der Waals surface area contributed by atoms with Crippen molar-refractivity contribution >= 4 is 51.1 Å². The number of thiocarbonyl (C=S) groups is 1. The molecular formula is C18H15NO2S2. The van der Waals surface area contributed by atoms with Gasteiger partial charge in [0.25, 0.3) is 5.91 Å². The van der Waals surface area contributed by atoms with Crippen molar-refractivity contribution in [3.63, 3.8) is 0 Å². The van der Waals surface area contributed by atoms with Gasteiger partial charge in [-0.05, 0) is 40.6 Å². The molecule has 0 bridgehead atoms. The van der Waals surface area contributed by atoms with E-state index < -0.39 is 0 Å². The lowest BCUT2D eigenvalue weighted by atomic mass is 10.1. The SMILES string of the molecule is C=CCN1C(=O)/C(=C/c2ccc3cc(OC)ccc3c2)SC1=S. The van der Waals surface area contributed by atoms with E-state index in [-0.39, 0.29) is 5.91 Å². The Bertz CT molecular complexity index is 842. The van der Waals surface area contributed by atoms with Crippen LogP contribution in [0, 0.1) is 0 Å². The van der Waals surface area contributed by atoms with Crippen molar-refractivity contribution in [2.24, 2.45) is 0 Å². The minimum atomic E-state index is -0.0604. The summed E-state index contributed by atoms with van der Waals surface area (Å²) in [6.45, 7) is 4.10. The highest BCUT2D eigenvalue weighted by atomic mass is 32.2. The van der Waals surface area contributed by atoms with Crippen molar-refractivity contribution in [1.29, 1.82) is 0 Å². The fourth-order valence-corrected chi connectivity index (χ4v) is 3.67. The van der Waals surface area contributed by atoms with Crippen LogP contribution in [-0.2, 0) is 4.79 Å². The number of benzene rings is 2. The molecule has 5 heteroatoms. The molecule has 1 fully saturated rings. The van der Waals surface area contributed by atoms with Gasteiger partial charge in [-0.15, -0.1) is 6.58 Å². The Morgan fingerprint density at radius 1 is 1.26 bits per heavy atom. The van der Waals surface area contributed by atoms with Crippen LogP contribution < -0.4 is 4.74 Å². The van der Waals surface area contributed by atoms with E-state index in [1.54, 1.807) is 18.1 Å². The van der Waals surface area contributed by atoms with E-state index >= 15 is 0 Å². The van der Waals surface area contributed by atoms with Crippen LogP contribution in [0.1, 0.15) is 5.56 Å². The largest absolute Gasteiger partial charge is 0.497 e. The quantitative estimate of drug-likeness (QED) is 0.473. The number of thioether (sulfide) groups is 1. The number of amides is 1. The zero-order valence-electron chi connectivity index (χ0n) is 12.6. The minimum absolute atomic E-state index is 0.0604. The monoisotopic (exact) mass is 341 g/mol. The van der Waals surface area contributed by atoms with Crippen LogP contribution in [0.2, 0.25) is 0 Å². The van der Waals surface area contributed by atoms with Crippen molar-refractivity contribution in [2.75, 3.05) is 13.7 Å². The molecule has 0 spiro atoms. The average molecular weight is 341 g/mol. The summed E-state index contributed by atoms with van der Waals surface area (Å²) in [5.41, 5.74) is 0.974. The second-order valence-corrected chi connectivity index (χ2v) is 6.73. The van der Waals surface area contributed by atoms with Crippen LogP contribution in [0.4, 0.5) is 0 Å². The van der Waals surface area contributed by atoms with Gasteiger partial charge in [-0.2, -0.15) is 0 Å². The number of fused-ring (bicyclic) bond motifs is 1. The lowest BCUT2D eigenvalue weighted by Crippen LogP contribution is -2.27. The number of nitrogens with zero attached hydrogens (tertiary/aromatic N) is 1. The summed E-state index contributed by atoms with van der Waals surface area (Å²) >= 11 is 6.58. The minimum Gasteiger partial charge on any atom is -0.497 e. The summed E-state index contributed by atoms with van der Waals surface area (Å²) in [7, 11) is 1.65. The predicted octanol–water partition coefficient (Wildman–Crippen LogP) is 4.24. The highest BCUT2D eigenvalue weighted by Crippen LogP contribution is 2.33. The van der Waals surface area contributed by atoms with E-state index in [9.17, 15) is 4.79 Å². The second-order valence-electron chi connectivity index (χ2n) is 5.05. The summed E-state index contributed by atoms with van der Waals surface area (Å²) in [5, 5.41) is 2.20. The molecule has 1 saturated heterocycles. The van der Waals surface area contributed by atoms with Gasteiger partial charge in [0.05, 0.1) is 12.0 Å². The summed E-state index contributed by atoms with van der Waals surface area (Å²) in [4.78, 5) is 14.5. The van der Waals surface area contributed by atoms with Gasteiger partial charge in [-0.25, -0.2) is 0 Å². The first-order valence-electron chi connectivity index (χ1n) is 7.06. The molecule has 0 aliphatic carbocycles. The molecule has 0 atom stereocenters. The smallest absolute Gasteiger partial charge is 0.266 e. The first kappa shape index (κ1) is 15.8. The van der Waals surface area contributed by atoms with Gasteiger partial charge in [0.15, 0.2) is 0 Å². The first-order chi connectivity index (χ1) is 11.1. The van der Waals surface area contributed by atoms with Crippen LogP contribution >= 0.6 is 24.0 Å². The molecule has 1 heterocycles. The molecule has 116 valence electrons. The van der Waals surface area contributed by atoms with Crippen molar-refractivity contribution in [3.05, 3.63) is 59.5 Å². The average Bonchev–Trinajstić information content (AvgIpc) is 2.82. The third-order valence-corrected chi connectivity index (χ3v) is 4.93. The Hall–Kier alpha value is -2.11. The van der Waals surface area contributed by atoms with Crippen LogP contribution in [0.3, 0.4) is 0 Å². The number of hydrogen-bond donors (Lipinski definition) is 0. The van der Waals surface area contributed by atoms with E-state index in [0.29, 0.717) is 15.8 Å². The van der Waals surface area contributed by atoms with Gasteiger partial charge < -0.3 is 4.74 Å². The fraction of sp³-hybridized carbons (Fsp3) is 0.111. The molecule has 0 radical (unpaired) electrons. The molecule has 0 aromatic heterocycles. The Morgan fingerprint density at radius 2 is 2.00 bits per heavy atom. The van der Waals surface area contributed by atoms with Crippen molar-refractivity contribution < 1.29 is 9.53 Å². The third-order valence-electron chi connectivity index (χ3n) is 3.55. The van der Waals surface area contributed by atoms with E-state index in [2.05, 4.69) is 12.6 Å². The highest BCUT2D eigenvalue weighted by molar-refractivity contribution is 8.26. The van der Waals surface area contributed by atoms with Gasteiger partial charge in [-0.1, -0.05) is 48.3 Å². The fourth-order valence-electron chi connectivity index (χ4n) is 2.40. The Balaban J connectivity index is 1.93. The van der Waals surface area contributed by atoms with Gasteiger partial charge >= 0.3 is 0 Å². The molecule has 1 aliphatic heterocycles. The molecule has 3 rings (SSSR count). The molecule has 0 saturated carbocycles. The standard InChI is InChI=1S/C18H15NO2S2/c1-3-8-19-17(20)16(23-18(19)22)10-12-4-5-14-11-15(21-2)7-6-13(14)9-12/h3-7,9-11H,1,8H2,2H3/b16-10-. The van der Waals surface area contributed by atoms with Crippen LogP contribution in [0.25, 0.3) is 16.8 Å². The zero-order valence-corrected chi connectivity index (χ0v) is 14.2. The summed E-state index contributed by atoms with van der Waals surface area (Å²) in [5.74, 6) is 0.769. The molecule has 2 aromatic carbocycles. The van der Waals surface area contributed by atoms with Gasteiger partial charge in [0, 0.05) is 6.54 Å². The molecule has 23 heavy (non-hydrogen) atoms. The van der Waals surface area contributed by atoms with Crippen molar-refractivity contribution in [2.45, 2.75) is 0 Å². The Kier molecular flexibility index (Phi) is 4.50. The topological polar surface area (TPSA) is 29.5 Å². The molecule has 1 amide bonds. The molecule has 0 N–H and O–H groups in total. The van der Waals surface area contributed by atoms with Crippen molar-refractivity contribution in [3.8, 4) is 5.75 Å². The van der Waals surface area contributed by atoms with E-state index in [1.165, 1.54) is 11.8 Å². The number of carbonyl (C=O) groups excluding carboxylic acids is 1. The van der Waals surface area contributed by atoms with Crippen molar-refractivity contribution in [1.82, 2.24) is 4.90 Å². The summed E-state index contributed by atoms with van der Waals surface area (Å²) in [6.07, 6.45) is 3.56. The maximum absolute atomic E-state index is 12.3. The first-order valence-corrected chi connectivity index (χ1v) is 8.29. The molecule has 3 nitrogen and oxygen atoms in total. The number of methoxy groups -OCH3 is 1. The molecule has 0 unspecified atom stereocenters. The van der Waals surface area contributed by atoms with Gasteiger partial charge in [-0.3, -0.25) is 9.69 Å². The van der Waals surface area contributed by atoms with Crippen LogP contribution in [0.5, 0.6) is 5.75 Å². The van der Waals surface area contributed by atoms with E-state index in [4.69, 9.17) is 17.0 Å². The normalized spacial score (nSPS) is 16.4. The van der Waals surface area contributed by atoms with Crippen LogP contribution in [-0.4, -0.2) is 28.8 Å². The third kappa shape index (κ3) is 3.16. The van der Waals surface area contributed by atoms with Gasteiger partial charge in [0.1, 0.15) is 10.1 Å². The summed E-state index contributed by atoms with van der Waals surface area (Å²) in [6, 6.07) is 12.0. The van der Waals surface area contributed by atoms with Gasteiger partial charge in [0.2, 0.25) is 0 Å². The number of hydrogen-bond acceptors (Lipinski definition) is 4. The Labute approximate surface area is 144 Å². The number of carbonyl (C=O) groups is 1. The molecular weight excluding hydrogens is 326 g/mol. The molecule has 2 aromatic rings. The lowest BCUT2D eigenvalue weighted by Gasteiger charge is -2.10. The maximum Gasteiger partial charge on any atom is 0.266 e. The second kappa shape index (κ2) is 6.56. The highest BCUT2D eigenvalue weighted by Gasteiger charge is 2.30. The van der Waals surface area contributed by atoms with Crippen LogP contribution in [0.15, 0.2) is 54.0 Å². The zero-order chi connectivity index (χ0) is 16.4. The lowest BCUT2D eigenvalue weighted by molar-refractivity contribution is -0.121. The predicted molar refractivity (Wildman–Crippen MR) is 101 cm³/mol. The number of ether oxygens (including phenoxy) is 1. The van der Waals surface area contributed by atoms with E-state index in [1.807, 2.05) is 36.4 Å².